The zero-order chi connectivity index (χ0) is 30.3. The van der Waals surface area contributed by atoms with Crippen molar-refractivity contribution >= 4 is 33.2 Å². The molecule has 0 atom stereocenters. The van der Waals surface area contributed by atoms with Gasteiger partial charge in [-0.05, 0) is 62.7 Å². The Hall–Kier alpha value is -4.22. The van der Waals surface area contributed by atoms with Crippen LogP contribution in [-0.4, -0.2) is 82.1 Å². The van der Waals surface area contributed by atoms with Crippen molar-refractivity contribution in [3.8, 4) is 17.3 Å². The molecule has 2 fully saturated rings. The number of rotatable bonds is 7. The van der Waals surface area contributed by atoms with Crippen molar-refractivity contribution < 1.29 is 18.6 Å². The van der Waals surface area contributed by atoms with E-state index in [0.29, 0.717) is 65.2 Å². The van der Waals surface area contributed by atoms with Gasteiger partial charge in [0.15, 0.2) is 5.82 Å². The molecule has 0 aliphatic carbocycles. The number of aliphatic hydroxyl groups excluding tert-OH is 1. The van der Waals surface area contributed by atoms with E-state index in [4.69, 9.17) is 15.5 Å². The number of fused-ring (bicyclic) bond motifs is 3. The quantitative estimate of drug-likeness (QED) is 0.317. The van der Waals surface area contributed by atoms with Gasteiger partial charge in [0.25, 0.3) is 0 Å². The maximum Gasteiger partial charge on any atom is 0.319 e. The molecule has 2 aromatic carbocycles. The summed E-state index contributed by atoms with van der Waals surface area (Å²) in [5.74, 6) is -0.637. The number of aliphatic imine (C=N–C) groups is 1. The zero-order valence-electron chi connectivity index (χ0n) is 24.5. The molecule has 4 aromatic rings. The van der Waals surface area contributed by atoms with Crippen molar-refractivity contribution in [2.75, 3.05) is 50.8 Å². The second-order valence-electron chi connectivity index (χ2n) is 11.9. The van der Waals surface area contributed by atoms with E-state index in [9.17, 15) is 5.11 Å². The fourth-order valence-corrected chi connectivity index (χ4v) is 7.01. The molecule has 44 heavy (non-hydrogen) atoms. The maximum absolute atomic E-state index is 16.6. The Bertz CT molecular complexity index is 1780. The van der Waals surface area contributed by atoms with E-state index in [1.54, 1.807) is 42.6 Å². The van der Waals surface area contributed by atoms with E-state index < -0.39 is 11.6 Å². The predicted molar refractivity (Wildman–Crippen MR) is 167 cm³/mol. The van der Waals surface area contributed by atoms with E-state index in [1.807, 2.05) is 4.90 Å². The number of benzene rings is 2. The Kier molecular flexibility index (Phi) is 7.59. The van der Waals surface area contributed by atoms with Crippen molar-refractivity contribution in [1.29, 1.82) is 0 Å². The summed E-state index contributed by atoms with van der Waals surface area (Å²) >= 11 is 0. The smallest absolute Gasteiger partial charge is 0.319 e. The number of hydrogen-bond acceptors (Lipinski definition) is 9. The minimum Gasteiger partial charge on any atom is -0.461 e. The Labute approximate surface area is 254 Å². The van der Waals surface area contributed by atoms with Gasteiger partial charge in [0.1, 0.15) is 29.5 Å². The number of ether oxygens (including phenoxy) is 1. The number of nitrogens with zero attached hydrogens (tertiary/aromatic N) is 6. The van der Waals surface area contributed by atoms with Crippen molar-refractivity contribution in [2.45, 2.75) is 37.6 Å². The Morgan fingerprint density at radius 3 is 2.64 bits per heavy atom. The highest BCUT2D eigenvalue weighted by Crippen LogP contribution is 2.40. The van der Waals surface area contributed by atoms with Crippen molar-refractivity contribution in [3.05, 3.63) is 66.0 Å². The number of halogens is 2. The highest BCUT2D eigenvalue weighted by Gasteiger charge is 2.45. The van der Waals surface area contributed by atoms with Gasteiger partial charge < -0.3 is 20.5 Å². The van der Waals surface area contributed by atoms with Gasteiger partial charge in [0.2, 0.25) is 0 Å². The molecule has 5 heterocycles. The molecule has 2 saturated heterocycles. The number of anilines is 1. The maximum atomic E-state index is 16.6. The molecule has 0 spiro atoms. The van der Waals surface area contributed by atoms with Crippen LogP contribution in [0.15, 0.2) is 59.4 Å². The third-order valence-electron chi connectivity index (χ3n) is 9.12. The molecule has 11 heteroatoms. The average molecular weight is 600 g/mol. The number of pyridine rings is 1. The lowest BCUT2D eigenvalue weighted by molar-refractivity contribution is 0.108. The van der Waals surface area contributed by atoms with Crippen LogP contribution < -0.4 is 15.4 Å². The standard InChI is InChI=1S/C33H35F2N7O2/c34-26-9-2-7-21-6-1-8-24(27(21)26)29-28(35)30-25(17-38-29)31(41-13-5-12-37-23(18-41)16-22(36)19-43)40-32(39-30)44-20-33-10-3-14-42(33)15-4-11-33/h1-2,6-9,16-17,43H,3-5,10-15,18-20,36H2. The molecule has 3 aliphatic rings. The van der Waals surface area contributed by atoms with Gasteiger partial charge >= 0.3 is 6.01 Å². The molecule has 2 aromatic heterocycles. The van der Waals surface area contributed by atoms with Gasteiger partial charge in [0, 0.05) is 35.9 Å². The summed E-state index contributed by atoms with van der Waals surface area (Å²) in [7, 11) is 0. The first-order chi connectivity index (χ1) is 21.5. The lowest BCUT2D eigenvalue weighted by atomic mass is 9.95. The van der Waals surface area contributed by atoms with E-state index in [2.05, 4.69) is 19.9 Å². The van der Waals surface area contributed by atoms with Crippen LogP contribution in [0.25, 0.3) is 32.9 Å². The van der Waals surface area contributed by atoms with Crippen molar-refractivity contribution in [1.82, 2.24) is 19.9 Å². The number of aromatic nitrogens is 3. The van der Waals surface area contributed by atoms with Gasteiger partial charge in [-0.2, -0.15) is 9.97 Å². The van der Waals surface area contributed by atoms with Crippen LogP contribution in [0.4, 0.5) is 14.6 Å². The van der Waals surface area contributed by atoms with Crippen molar-refractivity contribution in [3.63, 3.8) is 0 Å². The minimum absolute atomic E-state index is 0.0110. The normalized spacial score (nSPS) is 18.9. The molecular weight excluding hydrogens is 564 g/mol. The summed E-state index contributed by atoms with van der Waals surface area (Å²) in [6.07, 6.45) is 8.30. The van der Waals surface area contributed by atoms with Crippen LogP contribution >= 0.6 is 0 Å². The molecule has 0 bridgehead atoms. The zero-order valence-corrected chi connectivity index (χ0v) is 24.5. The van der Waals surface area contributed by atoms with Gasteiger partial charge in [-0.3, -0.25) is 14.9 Å². The number of nitrogens with two attached hydrogens (primary N) is 1. The highest BCUT2D eigenvalue weighted by atomic mass is 19.1. The number of hydrogen-bond donors (Lipinski definition) is 2. The van der Waals surface area contributed by atoms with E-state index >= 15 is 8.78 Å². The van der Waals surface area contributed by atoms with Gasteiger partial charge in [-0.15, -0.1) is 0 Å². The average Bonchev–Trinajstić information content (AvgIpc) is 3.53. The van der Waals surface area contributed by atoms with Gasteiger partial charge in [0.05, 0.1) is 29.8 Å². The van der Waals surface area contributed by atoms with E-state index in [1.165, 1.54) is 6.07 Å². The summed E-state index contributed by atoms with van der Waals surface area (Å²) in [5, 5.41) is 10.8. The second kappa shape index (κ2) is 11.7. The first kappa shape index (κ1) is 28.5. The van der Waals surface area contributed by atoms with Crippen molar-refractivity contribution in [2.24, 2.45) is 10.7 Å². The minimum atomic E-state index is -0.665. The third kappa shape index (κ3) is 5.13. The Balaban J connectivity index is 1.35. The van der Waals surface area contributed by atoms with Crippen LogP contribution in [0.1, 0.15) is 32.1 Å². The van der Waals surface area contributed by atoms with Crippen LogP contribution in [-0.2, 0) is 0 Å². The van der Waals surface area contributed by atoms with Crippen LogP contribution in [0.5, 0.6) is 6.01 Å². The fourth-order valence-electron chi connectivity index (χ4n) is 7.01. The third-order valence-corrected chi connectivity index (χ3v) is 9.12. The second-order valence-corrected chi connectivity index (χ2v) is 11.9. The SMILES string of the molecule is NC(=CC1=NCCCN(c2nc(OCC34CCCN3CCC4)nc3c(F)c(-c4cccc5cccc(F)c45)ncc23)C1)CO. The monoisotopic (exact) mass is 599 g/mol. The Morgan fingerprint density at radius 2 is 1.84 bits per heavy atom. The molecule has 3 aliphatic heterocycles. The molecule has 7 rings (SSSR count). The molecule has 3 N–H and O–H groups in total. The van der Waals surface area contributed by atoms with Gasteiger partial charge in [-0.1, -0.05) is 30.3 Å². The summed E-state index contributed by atoms with van der Waals surface area (Å²) < 4.78 is 38.0. The first-order valence-corrected chi connectivity index (χ1v) is 15.2. The van der Waals surface area contributed by atoms with Gasteiger partial charge in [-0.25, -0.2) is 8.78 Å². The molecule has 0 unspecified atom stereocenters. The topological polar surface area (TPSA) is 113 Å². The molecule has 228 valence electrons. The highest BCUT2D eigenvalue weighted by molar-refractivity contribution is 6.02. The summed E-state index contributed by atoms with van der Waals surface area (Å²) in [6, 6.07) is 10.1. The molecule has 0 amide bonds. The summed E-state index contributed by atoms with van der Waals surface area (Å²) in [6.45, 7) is 3.78. The van der Waals surface area contributed by atoms with E-state index in [-0.39, 0.29) is 29.4 Å². The Morgan fingerprint density at radius 1 is 1.05 bits per heavy atom. The molecule has 0 saturated carbocycles. The van der Waals surface area contributed by atoms with Crippen LogP contribution in [0.2, 0.25) is 0 Å². The van der Waals surface area contributed by atoms with Crippen LogP contribution in [0, 0.1) is 11.6 Å². The van der Waals surface area contributed by atoms with Crippen LogP contribution in [0.3, 0.4) is 0 Å². The number of aliphatic hydroxyl groups is 1. The predicted octanol–water partition coefficient (Wildman–Crippen LogP) is 4.62. The largest absolute Gasteiger partial charge is 0.461 e. The van der Waals surface area contributed by atoms with E-state index in [0.717, 1.165) is 45.2 Å². The molecule has 9 nitrogen and oxygen atoms in total. The summed E-state index contributed by atoms with van der Waals surface area (Å²) in [5.41, 5.74) is 7.28. The molecular formula is C33H35F2N7O2. The lowest BCUT2D eigenvalue weighted by Gasteiger charge is -2.31. The molecule has 0 radical (unpaired) electrons. The fraction of sp³-hybridized carbons (Fsp3) is 0.394. The summed E-state index contributed by atoms with van der Waals surface area (Å²) in [4.78, 5) is 23.1. The first-order valence-electron chi connectivity index (χ1n) is 15.2. The lowest BCUT2D eigenvalue weighted by Crippen LogP contribution is -2.43.